The summed E-state index contributed by atoms with van der Waals surface area (Å²) in [6.07, 6.45) is 72.4. The Morgan fingerprint density at radius 1 is 0.257 bits per heavy atom. The zero-order valence-electron chi connectivity index (χ0n) is 68.9. The molecule has 0 fully saturated rings. The Morgan fingerprint density at radius 3 is 0.648 bits per heavy atom. The molecule has 0 amide bonds. The summed E-state index contributed by atoms with van der Waals surface area (Å²) in [4.78, 5) is 73.2. The summed E-state index contributed by atoms with van der Waals surface area (Å²) in [5.41, 5.74) is 0. The highest BCUT2D eigenvalue weighted by Crippen LogP contribution is 2.45. The monoisotopic (exact) mass is 1540 g/mol. The summed E-state index contributed by atoms with van der Waals surface area (Å²) in [5, 5.41) is 10.7. The van der Waals surface area contributed by atoms with Crippen molar-refractivity contribution < 1.29 is 80.2 Å². The van der Waals surface area contributed by atoms with E-state index in [0.717, 1.165) is 96.3 Å². The smallest absolute Gasteiger partial charge is 0.462 e. The van der Waals surface area contributed by atoms with Gasteiger partial charge >= 0.3 is 39.5 Å². The van der Waals surface area contributed by atoms with Crippen LogP contribution in [0.4, 0.5) is 0 Å². The van der Waals surface area contributed by atoms with Crippen molar-refractivity contribution in [3.8, 4) is 0 Å². The Bertz CT molecular complexity index is 2000. The van der Waals surface area contributed by atoms with Crippen LogP contribution in [0.15, 0.2) is 0 Å². The van der Waals surface area contributed by atoms with Gasteiger partial charge in [0.1, 0.15) is 19.3 Å². The Kier molecular flexibility index (Phi) is 77.3. The number of unbranched alkanes of at least 4 members (excludes halogenated alkanes) is 58. The summed E-state index contributed by atoms with van der Waals surface area (Å²) in [7, 11) is -9.93. The largest absolute Gasteiger partial charge is 0.472 e. The molecular weight excluding hydrogens is 1370 g/mol. The second-order valence-corrected chi connectivity index (χ2v) is 34.3. The van der Waals surface area contributed by atoms with Crippen LogP contribution >= 0.6 is 15.6 Å². The molecule has 0 rings (SSSR count). The molecule has 624 valence electrons. The number of hydrogen-bond donors (Lipinski definition) is 3. The van der Waals surface area contributed by atoms with Crippen LogP contribution < -0.4 is 0 Å². The van der Waals surface area contributed by atoms with E-state index in [-0.39, 0.29) is 25.7 Å². The van der Waals surface area contributed by atoms with Crippen molar-refractivity contribution in [2.45, 2.75) is 483 Å². The third-order valence-electron chi connectivity index (χ3n) is 20.3. The highest BCUT2D eigenvalue weighted by molar-refractivity contribution is 7.47. The molecule has 19 heteroatoms. The van der Waals surface area contributed by atoms with Crippen molar-refractivity contribution in [1.29, 1.82) is 0 Å². The zero-order chi connectivity index (χ0) is 76.9. The number of esters is 4. The number of ether oxygens (including phenoxy) is 4. The molecule has 0 saturated carbocycles. The lowest BCUT2D eigenvalue weighted by Crippen LogP contribution is -2.30. The fourth-order valence-corrected chi connectivity index (χ4v) is 15.1. The standard InChI is InChI=1S/C86H168O17P2/c1-6-9-12-15-18-21-24-27-30-33-34-35-36-39-42-45-48-51-56-62-67-71-85(90)102-81(75-96-83(88)69-64-59-54-49-46-43-40-37-31-28-25-22-19-16-13-10-7-2)77-100-104(92,93)98-73-80(87)74-99-105(94,95)101-78-82(76-97-84(89)70-65-60-57-52-53-58-63-68-79(4)5)103-86(91)72-66-61-55-50-47-44-41-38-32-29-26-23-20-17-14-11-8-3/h79-82,87H,6-78H2,1-5H3,(H,92,93)(H,94,95)/t80-,81-,82-/m1/s1. The second kappa shape index (κ2) is 78.7. The third-order valence-corrected chi connectivity index (χ3v) is 22.2. The maximum absolute atomic E-state index is 13.1. The van der Waals surface area contributed by atoms with Gasteiger partial charge in [-0.05, 0) is 31.6 Å². The molecule has 0 aliphatic rings. The molecule has 0 spiro atoms. The van der Waals surface area contributed by atoms with E-state index in [9.17, 15) is 43.2 Å². The van der Waals surface area contributed by atoms with Gasteiger partial charge in [-0.25, -0.2) is 9.13 Å². The van der Waals surface area contributed by atoms with Gasteiger partial charge in [-0.3, -0.25) is 37.3 Å². The Balaban J connectivity index is 5.22. The molecule has 105 heavy (non-hydrogen) atoms. The minimum atomic E-state index is -4.97. The van der Waals surface area contributed by atoms with Crippen LogP contribution in [0.1, 0.15) is 465 Å². The van der Waals surface area contributed by atoms with E-state index in [1.54, 1.807) is 0 Å². The van der Waals surface area contributed by atoms with Crippen LogP contribution in [-0.2, 0) is 65.4 Å². The lowest BCUT2D eigenvalue weighted by Gasteiger charge is -2.21. The minimum absolute atomic E-state index is 0.108. The summed E-state index contributed by atoms with van der Waals surface area (Å²) >= 11 is 0. The number of phosphoric ester groups is 2. The second-order valence-electron chi connectivity index (χ2n) is 31.4. The number of aliphatic hydroxyl groups is 1. The van der Waals surface area contributed by atoms with E-state index in [1.807, 2.05) is 0 Å². The van der Waals surface area contributed by atoms with Crippen LogP contribution in [0.5, 0.6) is 0 Å². The van der Waals surface area contributed by atoms with E-state index in [4.69, 9.17) is 37.0 Å². The van der Waals surface area contributed by atoms with Gasteiger partial charge < -0.3 is 33.8 Å². The molecule has 2 unspecified atom stereocenters. The van der Waals surface area contributed by atoms with Crippen LogP contribution in [0.25, 0.3) is 0 Å². The molecule has 0 heterocycles. The molecule has 0 saturated heterocycles. The molecule has 17 nitrogen and oxygen atoms in total. The topological polar surface area (TPSA) is 237 Å². The van der Waals surface area contributed by atoms with Gasteiger partial charge in [-0.15, -0.1) is 0 Å². The van der Waals surface area contributed by atoms with Crippen LogP contribution in [0.2, 0.25) is 0 Å². The van der Waals surface area contributed by atoms with Crippen molar-refractivity contribution in [2.75, 3.05) is 39.6 Å². The first-order valence-corrected chi connectivity index (χ1v) is 47.6. The SMILES string of the molecule is CCCCCCCCCCCCCCCCCCCCCCCC(=O)O[C@H](COC(=O)CCCCCCCCCCCCCCCCCCC)COP(=O)(O)OC[C@@H](O)COP(=O)(O)OC[C@@H](COC(=O)CCCCCCCCCC(C)C)OC(=O)CCCCCCCCCCCCCCCCCCC. The van der Waals surface area contributed by atoms with E-state index >= 15 is 0 Å². The number of phosphoric acid groups is 2. The molecule has 5 atom stereocenters. The third kappa shape index (κ3) is 79.9. The summed E-state index contributed by atoms with van der Waals surface area (Å²) in [5.74, 6) is -1.40. The van der Waals surface area contributed by atoms with E-state index in [2.05, 4.69) is 34.6 Å². The first-order valence-electron chi connectivity index (χ1n) is 44.6. The van der Waals surface area contributed by atoms with Crippen LogP contribution in [-0.4, -0.2) is 96.7 Å². The molecule has 0 aromatic rings. The maximum Gasteiger partial charge on any atom is 0.472 e. The number of carbonyl (C=O) groups is 4. The lowest BCUT2D eigenvalue weighted by atomic mass is 10.0. The number of carbonyl (C=O) groups excluding carboxylic acids is 4. The van der Waals surface area contributed by atoms with Crippen molar-refractivity contribution in [2.24, 2.45) is 5.92 Å². The Labute approximate surface area is 645 Å². The van der Waals surface area contributed by atoms with Crippen LogP contribution in [0.3, 0.4) is 0 Å². The minimum Gasteiger partial charge on any atom is -0.462 e. The Morgan fingerprint density at radius 2 is 0.438 bits per heavy atom. The van der Waals surface area contributed by atoms with Crippen molar-refractivity contribution in [1.82, 2.24) is 0 Å². The molecule has 0 aromatic carbocycles. The fraction of sp³-hybridized carbons (Fsp3) is 0.953. The highest BCUT2D eigenvalue weighted by Gasteiger charge is 2.30. The van der Waals surface area contributed by atoms with Gasteiger partial charge in [0.05, 0.1) is 26.4 Å². The molecular formula is C86H168O17P2. The lowest BCUT2D eigenvalue weighted by molar-refractivity contribution is -0.161. The predicted octanol–water partition coefficient (Wildman–Crippen LogP) is 26.4. The molecule has 0 aliphatic heterocycles. The quantitative estimate of drug-likeness (QED) is 0.0222. The summed E-state index contributed by atoms with van der Waals surface area (Å²) in [6, 6.07) is 0. The number of rotatable bonds is 86. The van der Waals surface area contributed by atoms with Crippen molar-refractivity contribution in [3.63, 3.8) is 0 Å². The highest BCUT2D eigenvalue weighted by atomic mass is 31.2. The predicted molar refractivity (Wildman–Crippen MR) is 432 cm³/mol. The van der Waals surface area contributed by atoms with Crippen LogP contribution in [0, 0.1) is 5.92 Å². The van der Waals surface area contributed by atoms with E-state index in [1.165, 1.54) is 283 Å². The average molecular weight is 1540 g/mol. The number of hydrogen-bond acceptors (Lipinski definition) is 15. The van der Waals surface area contributed by atoms with Gasteiger partial charge in [-0.1, -0.05) is 413 Å². The van der Waals surface area contributed by atoms with Gasteiger partial charge in [0.25, 0.3) is 0 Å². The van der Waals surface area contributed by atoms with Gasteiger partial charge in [0.2, 0.25) is 0 Å². The van der Waals surface area contributed by atoms with Crippen molar-refractivity contribution >= 4 is 39.5 Å². The molecule has 0 aromatic heterocycles. The molecule has 0 aliphatic carbocycles. The van der Waals surface area contributed by atoms with Gasteiger partial charge in [0, 0.05) is 25.7 Å². The average Bonchev–Trinajstić information content (AvgIpc) is 0.925. The number of aliphatic hydroxyl groups excluding tert-OH is 1. The molecule has 0 bridgehead atoms. The first kappa shape index (κ1) is 103. The summed E-state index contributed by atoms with van der Waals surface area (Å²) in [6.45, 7) is 7.31. The molecule has 0 radical (unpaired) electrons. The Hall–Kier alpha value is -1.94. The van der Waals surface area contributed by atoms with Gasteiger partial charge in [-0.2, -0.15) is 0 Å². The maximum atomic E-state index is 13.1. The first-order chi connectivity index (χ1) is 51.0. The normalized spacial score (nSPS) is 13.8. The summed E-state index contributed by atoms with van der Waals surface area (Å²) < 4.78 is 68.9. The van der Waals surface area contributed by atoms with Crippen molar-refractivity contribution in [3.05, 3.63) is 0 Å². The van der Waals surface area contributed by atoms with E-state index < -0.39 is 97.5 Å². The molecule has 3 N–H and O–H groups in total. The van der Waals surface area contributed by atoms with Gasteiger partial charge in [0.15, 0.2) is 12.2 Å². The fourth-order valence-electron chi connectivity index (χ4n) is 13.5. The zero-order valence-corrected chi connectivity index (χ0v) is 70.7. The van der Waals surface area contributed by atoms with E-state index in [0.29, 0.717) is 31.6 Å².